The summed E-state index contributed by atoms with van der Waals surface area (Å²) in [4.78, 5) is 0. The Morgan fingerprint density at radius 1 is 1.33 bits per heavy atom. The Balaban J connectivity index is 2.04. The summed E-state index contributed by atoms with van der Waals surface area (Å²) in [6, 6.07) is 6.22. The molecule has 0 aromatic heterocycles. The number of methoxy groups -OCH3 is 2. The van der Waals surface area contributed by atoms with Crippen molar-refractivity contribution in [2.45, 2.75) is 26.3 Å². The number of nitrogens with one attached hydrogen (secondary N) is 1. The van der Waals surface area contributed by atoms with Crippen LogP contribution >= 0.6 is 0 Å². The molecule has 1 aromatic carbocycles. The van der Waals surface area contributed by atoms with Crippen LogP contribution in [0.1, 0.15) is 31.9 Å². The van der Waals surface area contributed by atoms with Gasteiger partial charge in [0.25, 0.3) is 0 Å². The van der Waals surface area contributed by atoms with Gasteiger partial charge < -0.3 is 14.8 Å². The van der Waals surface area contributed by atoms with E-state index >= 15 is 0 Å². The van der Waals surface area contributed by atoms with Crippen LogP contribution in [0, 0.1) is 11.8 Å². The number of rotatable bonds is 6. The average Bonchev–Trinajstić information content (AvgIpc) is 3.11. The largest absolute Gasteiger partial charge is 0.497 e. The average molecular weight is 249 g/mol. The van der Waals surface area contributed by atoms with Gasteiger partial charge in [-0.05, 0) is 49.9 Å². The summed E-state index contributed by atoms with van der Waals surface area (Å²) in [5.41, 5.74) is 1.16. The molecule has 0 spiro atoms. The van der Waals surface area contributed by atoms with Crippen molar-refractivity contribution in [3.8, 4) is 11.5 Å². The van der Waals surface area contributed by atoms with Gasteiger partial charge in [0.2, 0.25) is 0 Å². The van der Waals surface area contributed by atoms with E-state index in [1.54, 1.807) is 14.2 Å². The van der Waals surface area contributed by atoms with Crippen LogP contribution in [-0.4, -0.2) is 20.8 Å². The standard InChI is InChI=1S/C15H23NO2/c1-10-7-12(10)9-16-11(2)14-8-13(17-3)5-6-15(14)18-4/h5-6,8,10-12,16H,7,9H2,1-4H3. The van der Waals surface area contributed by atoms with E-state index in [9.17, 15) is 0 Å². The van der Waals surface area contributed by atoms with Gasteiger partial charge in [0.15, 0.2) is 0 Å². The van der Waals surface area contributed by atoms with Crippen molar-refractivity contribution in [2.75, 3.05) is 20.8 Å². The third kappa shape index (κ3) is 2.96. The highest BCUT2D eigenvalue weighted by molar-refractivity contribution is 5.42. The first-order chi connectivity index (χ1) is 8.65. The zero-order chi connectivity index (χ0) is 13.1. The second-order valence-corrected chi connectivity index (χ2v) is 5.21. The fraction of sp³-hybridized carbons (Fsp3) is 0.600. The first-order valence-electron chi connectivity index (χ1n) is 6.61. The Kier molecular flexibility index (Phi) is 4.12. The molecule has 2 rings (SSSR count). The molecule has 1 N–H and O–H groups in total. The molecule has 100 valence electrons. The molecular weight excluding hydrogens is 226 g/mol. The second-order valence-electron chi connectivity index (χ2n) is 5.21. The molecule has 1 fully saturated rings. The highest BCUT2D eigenvalue weighted by Crippen LogP contribution is 2.37. The molecule has 18 heavy (non-hydrogen) atoms. The summed E-state index contributed by atoms with van der Waals surface area (Å²) in [5, 5.41) is 3.58. The van der Waals surface area contributed by atoms with E-state index in [-0.39, 0.29) is 6.04 Å². The van der Waals surface area contributed by atoms with Crippen molar-refractivity contribution in [3.63, 3.8) is 0 Å². The molecule has 0 radical (unpaired) electrons. The summed E-state index contributed by atoms with van der Waals surface area (Å²) >= 11 is 0. The summed E-state index contributed by atoms with van der Waals surface area (Å²) in [5.74, 6) is 3.53. The van der Waals surface area contributed by atoms with E-state index < -0.39 is 0 Å². The molecule has 0 aliphatic heterocycles. The predicted molar refractivity (Wildman–Crippen MR) is 73.2 cm³/mol. The van der Waals surface area contributed by atoms with Crippen molar-refractivity contribution in [2.24, 2.45) is 11.8 Å². The molecule has 1 saturated carbocycles. The van der Waals surface area contributed by atoms with E-state index in [2.05, 4.69) is 19.2 Å². The SMILES string of the molecule is COc1ccc(OC)c(C(C)NCC2CC2C)c1. The molecule has 1 aromatic rings. The van der Waals surface area contributed by atoms with Crippen molar-refractivity contribution < 1.29 is 9.47 Å². The summed E-state index contributed by atoms with van der Waals surface area (Å²) in [7, 11) is 3.40. The van der Waals surface area contributed by atoms with Crippen molar-refractivity contribution in [1.29, 1.82) is 0 Å². The number of hydrogen-bond donors (Lipinski definition) is 1. The predicted octanol–water partition coefficient (Wildman–Crippen LogP) is 3.01. The third-order valence-electron chi connectivity index (χ3n) is 3.87. The zero-order valence-corrected chi connectivity index (χ0v) is 11.7. The van der Waals surface area contributed by atoms with Gasteiger partial charge in [0.05, 0.1) is 14.2 Å². The normalized spacial score (nSPS) is 23.6. The molecule has 1 aliphatic carbocycles. The van der Waals surface area contributed by atoms with Gasteiger partial charge >= 0.3 is 0 Å². The monoisotopic (exact) mass is 249 g/mol. The maximum atomic E-state index is 5.41. The summed E-state index contributed by atoms with van der Waals surface area (Å²) in [6.07, 6.45) is 1.36. The Labute approximate surface area is 109 Å². The molecule has 3 nitrogen and oxygen atoms in total. The molecule has 0 bridgehead atoms. The Morgan fingerprint density at radius 3 is 2.61 bits per heavy atom. The van der Waals surface area contributed by atoms with Gasteiger partial charge in [-0.2, -0.15) is 0 Å². The smallest absolute Gasteiger partial charge is 0.123 e. The van der Waals surface area contributed by atoms with Crippen LogP contribution in [0.15, 0.2) is 18.2 Å². The Hall–Kier alpha value is -1.22. The molecular formula is C15H23NO2. The topological polar surface area (TPSA) is 30.5 Å². The summed E-state index contributed by atoms with van der Waals surface area (Å²) in [6.45, 7) is 5.57. The lowest BCUT2D eigenvalue weighted by Crippen LogP contribution is -2.22. The van der Waals surface area contributed by atoms with Gasteiger partial charge in [0, 0.05) is 11.6 Å². The fourth-order valence-electron chi connectivity index (χ4n) is 2.30. The van der Waals surface area contributed by atoms with Gasteiger partial charge in [-0.25, -0.2) is 0 Å². The molecule has 3 unspecified atom stereocenters. The number of benzene rings is 1. The maximum absolute atomic E-state index is 5.41. The quantitative estimate of drug-likeness (QED) is 0.840. The molecule has 3 atom stereocenters. The highest BCUT2D eigenvalue weighted by Gasteiger charge is 2.32. The van der Waals surface area contributed by atoms with Gasteiger partial charge in [-0.15, -0.1) is 0 Å². The number of hydrogen-bond acceptors (Lipinski definition) is 3. The minimum atomic E-state index is 0.280. The van der Waals surface area contributed by atoms with Crippen LogP contribution in [0.25, 0.3) is 0 Å². The van der Waals surface area contributed by atoms with Crippen LogP contribution in [0.5, 0.6) is 11.5 Å². The van der Waals surface area contributed by atoms with E-state index in [0.29, 0.717) is 0 Å². The van der Waals surface area contributed by atoms with Crippen LogP contribution < -0.4 is 14.8 Å². The first-order valence-corrected chi connectivity index (χ1v) is 6.61. The van der Waals surface area contributed by atoms with Gasteiger partial charge in [-0.3, -0.25) is 0 Å². The van der Waals surface area contributed by atoms with Crippen molar-refractivity contribution >= 4 is 0 Å². The van der Waals surface area contributed by atoms with Gasteiger partial charge in [-0.1, -0.05) is 6.92 Å². The van der Waals surface area contributed by atoms with Crippen molar-refractivity contribution in [1.82, 2.24) is 5.32 Å². The molecule has 3 heteroatoms. The number of ether oxygens (including phenoxy) is 2. The lowest BCUT2D eigenvalue weighted by molar-refractivity contribution is 0.391. The first kappa shape index (κ1) is 13.2. The zero-order valence-electron chi connectivity index (χ0n) is 11.7. The maximum Gasteiger partial charge on any atom is 0.123 e. The molecule has 0 amide bonds. The van der Waals surface area contributed by atoms with Crippen LogP contribution in [0.3, 0.4) is 0 Å². The second kappa shape index (κ2) is 5.61. The van der Waals surface area contributed by atoms with Crippen LogP contribution in [-0.2, 0) is 0 Å². The summed E-state index contributed by atoms with van der Waals surface area (Å²) < 4.78 is 10.7. The molecule has 0 saturated heterocycles. The molecule has 1 aliphatic rings. The lowest BCUT2D eigenvalue weighted by atomic mass is 10.1. The van der Waals surface area contributed by atoms with E-state index in [1.165, 1.54) is 6.42 Å². The third-order valence-corrected chi connectivity index (χ3v) is 3.87. The lowest BCUT2D eigenvalue weighted by Gasteiger charge is -2.18. The fourth-order valence-corrected chi connectivity index (χ4v) is 2.30. The van der Waals surface area contributed by atoms with E-state index in [4.69, 9.17) is 9.47 Å². The van der Waals surface area contributed by atoms with E-state index in [0.717, 1.165) is 35.4 Å². The minimum absolute atomic E-state index is 0.280. The van der Waals surface area contributed by atoms with Crippen molar-refractivity contribution in [3.05, 3.63) is 23.8 Å². The minimum Gasteiger partial charge on any atom is -0.497 e. The Morgan fingerprint density at radius 2 is 2.06 bits per heavy atom. The highest BCUT2D eigenvalue weighted by atomic mass is 16.5. The van der Waals surface area contributed by atoms with Crippen LogP contribution in [0.2, 0.25) is 0 Å². The van der Waals surface area contributed by atoms with Crippen LogP contribution in [0.4, 0.5) is 0 Å². The Bertz CT molecular complexity index is 405. The van der Waals surface area contributed by atoms with Gasteiger partial charge in [0.1, 0.15) is 11.5 Å². The van der Waals surface area contributed by atoms with E-state index in [1.807, 2.05) is 18.2 Å². The molecule has 0 heterocycles.